The molecule has 0 amide bonds. The molecule has 0 N–H and O–H groups in total. The van der Waals surface area contributed by atoms with Gasteiger partial charge in [-0.15, -0.1) is 0 Å². The number of carbonyl (C=O) groups excluding carboxylic acids is 2. The molecule has 0 spiro atoms. The highest BCUT2D eigenvalue weighted by molar-refractivity contribution is 6.07. The largest absolute Gasteiger partial charge is 0.462 e. The van der Waals surface area contributed by atoms with Gasteiger partial charge in [0.05, 0.1) is 24.3 Å². The Morgan fingerprint density at radius 3 is 1.15 bits per heavy atom. The van der Waals surface area contributed by atoms with Crippen molar-refractivity contribution < 1.29 is 19.1 Å². The van der Waals surface area contributed by atoms with E-state index in [0.717, 1.165) is 81.8 Å². The number of hydrogen-bond donors (Lipinski definition) is 0. The minimum absolute atomic E-state index is 0.358. The van der Waals surface area contributed by atoms with Gasteiger partial charge in [0.25, 0.3) is 0 Å². The molecule has 0 bridgehead atoms. The van der Waals surface area contributed by atoms with Crippen molar-refractivity contribution in [2.24, 2.45) is 82.9 Å². The second kappa shape index (κ2) is 7.68. The summed E-state index contributed by atoms with van der Waals surface area (Å²) in [6.45, 7) is 0.977. The molecular formula is C35H38O4. The number of fused-ring (bicyclic) bond motifs is 15. The van der Waals surface area contributed by atoms with Gasteiger partial charge in [-0.1, -0.05) is 24.3 Å². The van der Waals surface area contributed by atoms with Crippen LogP contribution in [0.25, 0.3) is 10.8 Å². The van der Waals surface area contributed by atoms with Crippen LogP contribution in [-0.4, -0.2) is 25.2 Å². The minimum atomic E-state index is -0.376. The maximum absolute atomic E-state index is 13.3. The summed E-state index contributed by atoms with van der Waals surface area (Å²) >= 11 is 0. The number of ether oxygens (including phenoxy) is 2. The Bertz CT molecular complexity index is 1310. The van der Waals surface area contributed by atoms with E-state index in [4.69, 9.17) is 9.47 Å². The number of rotatable bonds is 0. The Balaban J connectivity index is 0.900. The molecule has 1 aliphatic heterocycles. The zero-order valence-electron chi connectivity index (χ0n) is 22.5. The molecule has 0 aromatic heterocycles. The van der Waals surface area contributed by atoms with Crippen LogP contribution in [0, 0.1) is 82.9 Å². The molecule has 1 heterocycles. The first kappa shape index (κ1) is 22.3. The van der Waals surface area contributed by atoms with Crippen molar-refractivity contribution in [2.75, 3.05) is 13.2 Å². The maximum Gasteiger partial charge on any atom is 0.339 e. The number of carbonyl (C=O) groups is 2. The van der Waals surface area contributed by atoms with Crippen molar-refractivity contribution in [3.8, 4) is 0 Å². The number of benzene rings is 2. The molecule has 4 nitrogen and oxygen atoms in total. The lowest BCUT2D eigenvalue weighted by Gasteiger charge is -2.12. The fourth-order valence-corrected chi connectivity index (χ4v) is 10.2. The maximum atomic E-state index is 13.3. The topological polar surface area (TPSA) is 52.6 Å². The van der Waals surface area contributed by atoms with Crippen molar-refractivity contribution in [1.82, 2.24) is 0 Å². The normalized spacial score (nSPS) is 50.2. The highest BCUT2D eigenvalue weighted by Crippen LogP contribution is 2.75. The van der Waals surface area contributed by atoms with Crippen molar-refractivity contribution >= 4 is 22.7 Å². The third-order valence-electron chi connectivity index (χ3n) is 12.9. The van der Waals surface area contributed by atoms with Gasteiger partial charge in [-0.3, -0.25) is 0 Å². The molecule has 0 unspecified atom stereocenters. The molecule has 7 saturated carbocycles. The summed E-state index contributed by atoms with van der Waals surface area (Å²) in [6, 6.07) is 11.6. The number of cyclic esters (lactones) is 2. The highest BCUT2D eigenvalue weighted by Gasteiger charge is 2.68. The molecular weight excluding hydrogens is 484 g/mol. The van der Waals surface area contributed by atoms with Crippen LogP contribution in [0.4, 0.5) is 0 Å². The van der Waals surface area contributed by atoms with E-state index in [9.17, 15) is 9.59 Å². The molecule has 8 aliphatic rings. The van der Waals surface area contributed by atoms with Gasteiger partial charge in [0.15, 0.2) is 0 Å². The zero-order chi connectivity index (χ0) is 25.6. The minimum Gasteiger partial charge on any atom is -0.462 e. The smallest absolute Gasteiger partial charge is 0.339 e. The SMILES string of the molecule is O=C1OC[C@@H]2C[C@H]2[C@@H]2C[C@H]2[C@@H]2C[C@H]2[C@@H]2C[C@H]2[C@@H]2C[C@H]2[C@@H]2C[C@H]2[C@@H]2C[C@H]2COC(=O)c2cc3ccccc3cc21. The van der Waals surface area contributed by atoms with E-state index < -0.39 is 0 Å². The lowest BCUT2D eigenvalue weighted by molar-refractivity contribution is 0.0431. The van der Waals surface area contributed by atoms with Crippen LogP contribution in [0.2, 0.25) is 0 Å². The number of hydrogen-bond acceptors (Lipinski definition) is 4. The summed E-state index contributed by atoms with van der Waals surface area (Å²) in [5, 5.41) is 1.90. The van der Waals surface area contributed by atoms with E-state index in [-0.39, 0.29) is 11.9 Å². The fraction of sp³-hybridized carbons (Fsp3) is 0.657. The average molecular weight is 523 g/mol. The molecule has 0 radical (unpaired) electrons. The van der Waals surface area contributed by atoms with Crippen molar-refractivity contribution in [3.05, 3.63) is 47.5 Å². The quantitative estimate of drug-likeness (QED) is 0.365. The first-order valence-corrected chi connectivity index (χ1v) is 16.0. The third-order valence-corrected chi connectivity index (χ3v) is 12.9. The van der Waals surface area contributed by atoms with E-state index in [0.29, 0.717) is 36.2 Å². The predicted molar refractivity (Wildman–Crippen MR) is 146 cm³/mol. The monoisotopic (exact) mass is 522 g/mol. The summed E-state index contributed by atoms with van der Waals surface area (Å²) < 4.78 is 11.8. The van der Waals surface area contributed by atoms with E-state index in [2.05, 4.69) is 0 Å². The summed E-state index contributed by atoms with van der Waals surface area (Å²) in [5.41, 5.74) is 0.716. The molecule has 39 heavy (non-hydrogen) atoms. The molecule has 0 saturated heterocycles. The summed E-state index contributed by atoms with van der Waals surface area (Å²) in [7, 11) is 0. The van der Waals surface area contributed by atoms with Gasteiger partial charge in [0.1, 0.15) is 0 Å². The number of esters is 2. The first-order chi connectivity index (χ1) is 19.1. The van der Waals surface area contributed by atoms with Crippen molar-refractivity contribution in [2.45, 2.75) is 44.9 Å². The van der Waals surface area contributed by atoms with E-state index in [1.54, 1.807) is 0 Å². The van der Waals surface area contributed by atoms with E-state index in [1.165, 1.54) is 44.9 Å². The Hall–Kier alpha value is -2.36. The van der Waals surface area contributed by atoms with Gasteiger partial charge < -0.3 is 9.47 Å². The van der Waals surface area contributed by atoms with Crippen LogP contribution in [0.15, 0.2) is 36.4 Å². The molecule has 2 aromatic rings. The molecule has 7 aliphatic carbocycles. The van der Waals surface area contributed by atoms with Crippen LogP contribution in [0.5, 0.6) is 0 Å². The molecule has 4 heteroatoms. The van der Waals surface area contributed by atoms with Gasteiger partial charge in [-0.05, 0) is 151 Å². The van der Waals surface area contributed by atoms with Gasteiger partial charge in [0.2, 0.25) is 0 Å². The molecule has 2 aromatic carbocycles. The molecule has 7 fully saturated rings. The van der Waals surface area contributed by atoms with Crippen molar-refractivity contribution in [1.29, 1.82) is 0 Å². The Morgan fingerprint density at radius 2 is 0.795 bits per heavy atom. The highest BCUT2D eigenvalue weighted by atomic mass is 16.5. The summed E-state index contributed by atoms with van der Waals surface area (Å²) in [6.07, 6.45) is 9.83. The third kappa shape index (κ3) is 3.68. The Kier molecular flexibility index (Phi) is 4.40. The van der Waals surface area contributed by atoms with Gasteiger partial charge in [0, 0.05) is 0 Å². The summed E-state index contributed by atoms with van der Waals surface area (Å²) in [4.78, 5) is 26.6. The summed E-state index contributed by atoms with van der Waals surface area (Å²) in [5.74, 6) is 11.8. The second-order valence-electron chi connectivity index (χ2n) is 15.1. The van der Waals surface area contributed by atoms with E-state index in [1.807, 2.05) is 36.4 Å². The zero-order valence-corrected chi connectivity index (χ0v) is 22.5. The van der Waals surface area contributed by atoms with Gasteiger partial charge in [-0.2, -0.15) is 0 Å². The Labute approximate surface area is 230 Å². The second-order valence-corrected chi connectivity index (χ2v) is 15.1. The lowest BCUT2D eigenvalue weighted by atomic mass is 10.0. The molecule has 14 atom stereocenters. The first-order valence-electron chi connectivity index (χ1n) is 16.0. The van der Waals surface area contributed by atoms with Crippen LogP contribution in [0.1, 0.15) is 65.7 Å². The standard InChI is InChI=1S/C35H38O4/c36-34-32-5-16-3-1-2-4-17(16)6-33(32)35(37)39-15-19-8-21(19)23-10-25(23)27-12-29(27)31-13-30(31)28-11-26(28)24-9-22(24)20-7-18(20)14-38-34/h1-6,18-31H,7-15H2/t18-,19-,20+,21+,22-,23-,24+,25+,26-,27-,28+,29+,30-,31-/m0/s1. The van der Waals surface area contributed by atoms with E-state index >= 15 is 0 Å². The van der Waals surface area contributed by atoms with Crippen LogP contribution < -0.4 is 0 Å². The van der Waals surface area contributed by atoms with Crippen molar-refractivity contribution in [3.63, 3.8) is 0 Å². The predicted octanol–water partition coefficient (Wildman–Crippen LogP) is 6.62. The van der Waals surface area contributed by atoms with Gasteiger partial charge >= 0.3 is 11.9 Å². The lowest BCUT2D eigenvalue weighted by Crippen LogP contribution is -2.16. The molecule has 202 valence electrons. The van der Waals surface area contributed by atoms with Crippen LogP contribution >= 0.6 is 0 Å². The fourth-order valence-electron chi connectivity index (χ4n) is 10.2. The van der Waals surface area contributed by atoms with Crippen LogP contribution in [-0.2, 0) is 9.47 Å². The average Bonchev–Trinajstić information content (AvgIpc) is 3.69. The van der Waals surface area contributed by atoms with Crippen LogP contribution in [0.3, 0.4) is 0 Å². The van der Waals surface area contributed by atoms with Gasteiger partial charge in [-0.25, -0.2) is 9.59 Å². The molecule has 10 rings (SSSR count). The Morgan fingerprint density at radius 1 is 0.462 bits per heavy atom.